The van der Waals surface area contributed by atoms with Crippen molar-refractivity contribution in [2.24, 2.45) is 5.92 Å². The average molecular weight is 255 g/mol. The number of benzene rings is 1. The van der Waals surface area contributed by atoms with E-state index in [1.54, 1.807) is 0 Å². The number of halogens is 2. The molecule has 0 aromatic heterocycles. The van der Waals surface area contributed by atoms with Gasteiger partial charge in [-0.3, -0.25) is 14.9 Å². The fourth-order valence-corrected chi connectivity index (χ4v) is 1.80. The first kappa shape index (κ1) is 12.6. The van der Waals surface area contributed by atoms with Crippen molar-refractivity contribution in [1.82, 2.24) is 0 Å². The van der Waals surface area contributed by atoms with Crippen LogP contribution < -0.4 is 0 Å². The largest absolute Gasteiger partial charge is 0.299 e. The van der Waals surface area contributed by atoms with Gasteiger partial charge in [0.25, 0.3) is 12.1 Å². The molecule has 18 heavy (non-hydrogen) atoms. The molecular weight excluding hydrogens is 244 g/mol. The molecule has 1 saturated carbocycles. The molecule has 1 aliphatic rings. The van der Waals surface area contributed by atoms with E-state index in [9.17, 15) is 23.7 Å². The average Bonchev–Trinajstić information content (AvgIpc) is 3.12. The van der Waals surface area contributed by atoms with Crippen molar-refractivity contribution in [3.8, 4) is 0 Å². The highest BCUT2D eigenvalue weighted by Crippen LogP contribution is 2.33. The van der Waals surface area contributed by atoms with Crippen molar-refractivity contribution in [1.29, 1.82) is 0 Å². The lowest BCUT2D eigenvalue weighted by Crippen LogP contribution is -2.07. The number of hydrogen-bond acceptors (Lipinski definition) is 3. The molecule has 0 spiro atoms. The molecule has 4 nitrogen and oxygen atoms in total. The van der Waals surface area contributed by atoms with Gasteiger partial charge in [0.05, 0.1) is 4.92 Å². The molecule has 96 valence electrons. The molecule has 0 N–H and O–H groups in total. The molecule has 2 rings (SSSR count). The van der Waals surface area contributed by atoms with Crippen LogP contribution in [-0.4, -0.2) is 10.7 Å². The number of hydrogen-bond donors (Lipinski definition) is 0. The molecule has 0 radical (unpaired) electrons. The smallest absolute Gasteiger partial charge is 0.269 e. The fourth-order valence-electron chi connectivity index (χ4n) is 1.80. The summed E-state index contributed by atoms with van der Waals surface area (Å²) in [7, 11) is 0. The summed E-state index contributed by atoms with van der Waals surface area (Å²) < 4.78 is 25.6. The van der Waals surface area contributed by atoms with Gasteiger partial charge in [-0.25, -0.2) is 8.78 Å². The highest BCUT2D eigenvalue weighted by molar-refractivity contribution is 5.85. The number of nitro groups is 1. The first-order valence-electron chi connectivity index (χ1n) is 5.57. The summed E-state index contributed by atoms with van der Waals surface area (Å²) in [5, 5.41) is 10.5. The minimum atomic E-state index is -2.81. The highest BCUT2D eigenvalue weighted by Gasteiger charge is 2.30. The van der Waals surface area contributed by atoms with E-state index in [4.69, 9.17) is 0 Å². The van der Waals surface area contributed by atoms with Crippen LogP contribution in [0.15, 0.2) is 18.2 Å². The number of ketones is 1. The van der Waals surface area contributed by atoms with Crippen molar-refractivity contribution in [2.75, 3.05) is 0 Å². The maximum absolute atomic E-state index is 12.8. The molecule has 1 aromatic rings. The number of carbonyl (C=O) groups is 1. The zero-order valence-corrected chi connectivity index (χ0v) is 9.44. The van der Waals surface area contributed by atoms with E-state index in [-0.39, 0.29) is 29.4 Å². The SMILES string of the molecule is O=C(Cc1ccc([N+](=O)[O-])cc1C(F)F)C1CC1. The Kier molecular flexibility index (Phi) is 3.36. The van der Waals surface area contributed by atoms with Gasteiger partial charge in [-0.2, -0.15) is 0 Å². The van der Waals surface area contributed by atoms with Crippen LogP contribution in [0, 0.1) is 16.0 Å². The zero-order valence-electron chi connectivity index (χ0n) is 9.44. The summed E-state index contributed by atoms with van der Waals surface area (Å²) in [6.07, 6.45) is -1.25. The molecule has 0 aliphatic heterocycles. The molecule has 1 aromatic carbocycles. The number of nitro benzene ring substituents is 1. The molecule has 0 atom stereocenters. The Morgan fingerprint density at radius 2 is 2.11 bits per heavy atom. The molecule has 1 fully saturated rings. The second-order valence-electron chi connectivity index (χ2n) is 4.36. The van der Waals surface area contributed by atoms with Crippen molar-refractivity contribution < 1.29 is 18.5 Å². The van der Waals surface area contributed by atoms with Crippen LogP contribution in [0.3, 0.4) is 0 Å². The van der Waals surface area contributed by atoms with Crippen LogP contribution in [0.2, 0.25) is 0 Å². The summed E-state index contributed by atoms with van der Waals surface area (Å²) in [5.41, 5.74) is -0.612. The van der Waals surface area contributed by atoms with Crippen LogP contribution >= 0.6 is 0 Å². The van der Waals surface area contributed by atoms with Crippen LogP contribution in [-0.2, 0) is 11.2 Å². The first-order chi connectivity index (χ1) is 8.49. The summed E-state index contributed by atoms with van der Waals surface area (Å²) >= 11 is 0. The maximum atomic E-state index is 12.8. The van der Waals surface area contributed by atoms with Crippen molar-refractivity contribution >= 4 is 11.5 Å². The van der Waals surface area contributed by atoms with Crippen LogP contribution in [0.1, 0.15) is 30.4 Å². The zero-order chi connectivity index (χ0) is 13.3. The van der Waals surface area contributed by atoms with Gasteiger partial charge < -0.3 is 0 Å². The molecule has 0 amide bonds. The molecule has 0 saturated heterocycles. The minimum absolute atomic E-state index is 0.00860. The van der Waals surface area contributed by atoms with Gasteiger partial charge in [-0.1, -0.05) is 6.07 Å². The second kappa shape index (κ2) is 4.80. The quantitative estimate of drug-likeness (QED) is 0.600. The fraction of sp³-hybridized carbons (Fsp3) is 0.417. The molecule has 0 bridgehead atoms. The Labute approximate surface area is 102 Å². The van der Waals surface area contributed by atoms with Gasteiger partial charge in [0, 0.05) is 30.0 Å². The lowest BCUT2D eigenvalue weighted by molar-refractivity contribution is -0.385. The Morgan fingerprint density at radius 3 is 2.61 bits per heavy atom. The predicted molar refractivity (Wildman–Crippen MR) is 59.5 cm³/mol. The maximum Gasteiger partial charge on any atom is 0.269 e. The molecule has 0 unspecified atom stereocenters. The molecular formula is C12H11F2NO3. The van der Waals surface area contributed by atoms with E-state index in [0.29, 0.717) is 0 Å². The number of carbonyl (C=O) groups excluding carboxylic acids is 1. The Balaban J connectivity index is 2.27. The van der Waals surface area contributed by atoms with Gasteiger partial charge in [0.2, 0.25) is 0 Å². The number of alkyl halides is 2. The van der Waals surface area contributed by atoms with E-state index in [0.717, 1.165) is 25.0 Å². The molecule has 1 aliphatic carbocycles. The Bertz CT molecular complexity index is 498. The number of non-ortho nitro benzene ring substituents is 1. The van der Waals surface area contributed by atoms with Crippen LogP contribution in [0.5, 0.6) is 0 Å². The van der Waals surface area contributed by atoms with Gasteiger partial charge >= 0.3 is 0 Å². The summed E-state index contributed by atoms with van der Waals surface area (Å²) in [4.78, 5) is 21.4. The van der Waals surface area contributed by atoms with Crippen molar-refractivity contribution in [2.45, 2.75) is 25.7 Å². The monoisotopic (exact) mass is 255 g/mol. The van der Waals surface area contributed by atoms with Crippen molar-refractivity contribution in [3.63, 3.8) is 0 Å². The number of rotatable bonds is 5. The van der Waals surface area contributed by atoms with Gasteiger partial charge in [-0.05, 0) is 18.4 Å². The third kappa shape index (κ3) is 2.69. The van der Waals surface area contributed by atoms with E-state index in [1.165, 1.54) is 6.07 Å². The van der Waals surface area contributed by atoms with E-state index < -0.39 is 16.9 Å². The molecule has 0 heterocycles. The summed E-state index contributed by atoms with van der Waals surface area (Å²) in [5.74, 6) is -0.0727. The minimum Gasteiger partial charge on any atom is -0.299 e. The Morgan fingerprint density at radius 1 is 1.44 bits per heavy atom. The number of nitrogens with zero attached hydrogens (tertiary/aromatic N) is 1. The standard InChI is InChI=1S/C12H11F2NO3/c13-12(14)10-6-9(15(17)18)4-3-8(10)5-11(16)7-1-2-7/h3-4,6-7,12H,1-2,5H2. The summed E-state index contributed by atoms with van der Waals surface area (Å²) in [6, 6.07) is 3.25. The third-order valence-electron chi connectivity index (χ3n) is 2.97. The van der Waals surface area contributed by atoms with Crippen LogP contribution in [0.25, 0.3) is 0 Å². The predicted octanol–water partition coefficient (Wildman–Crippen LogP) is 3.05. The van der Waals surface area contributed by atoms with E-state index in [2.05, 4.69) is 0 Å². The summed E-state index contributed by atoms with van der Waals surface area (Å²) in [6.45, 7) is 0. The topological polar surface area (TPSA) is 60.2 Å². The third-order valence-corrected chi connectivity index (χ3v) is 2.97. The second-order valence-corrected chi connectivity index (χ2v) is 4.36. The van der Waals surface area contributed by atoms with E-state index in [1.807, 2.05) is 0 Å². The highest BCUT2D eigenvalue weighted by atomic mass is 19.3. The van der Waals surface area contributed by atoms with Gasteiger partial charge in [0.15, 0.2) is 0 Å². The van der Waals surface area contributed by atoms with E-state index >= 15 is 0 Å². The normalized spacial score (nSPS) is 14.8. The van der Waals surface area contributed by atoms with Gasteiger partial charge in [-0.15, -0.1) is 0 Å². The Hall–Kier alpha value is -1.85. The van der Waals surface area contributed by atoms with Crippen molar-refractivity contribution in [3.05, 3.63) is 39.4 Å². The molecule has 6 heteroatoms. The lowest BCUT2D eigenvalue weighted by Gasteiger charge is -2.07. The van der Waals surface area contributed by atoms with Crippen LogP contribution in [0.4, 0.5) is 14.5 Å². The number of Topliss-reactive ketones (excluding diaryl/α,β-unsaturated/α-hetero) is 1. The van der Waals surface area contributed by atoms with Gasteiger partial charge in [0.1, 0.15) is 5.78 Å². The lowest BCUT2D eigenvalue weighted by atomic mass is 10.00. The first-order valence-corrected chi connectivity index (χ1v) is 5.57.